The van der Waals surface area contributed by atoms with E-state index in [0.717, 1.165) is 0 Å². The predicted molar refractivity (Wildman–Crippen MR) is 42.3 cm³/mol. The van der Waals surface area contributed by atoms with Crippen LogP contribution in [0.3, 0.4) is 0 Å². The first kappa shape index (κ1) is 44.3. The van der Waals surface area contributed by atoms with Gasteiger partial charge in [-0.05, 0) is 0 Å². The van der Waals surface area contributed by atoms with Crippen molar-refractivity contribution in [3.05, 3.63) is 0 Å². The van der Waals surface area contributed by atoms with Gasteiger partial charge >= 0.3 is 230 Å². The van der Waals surface area contributed by atoms with Crippen molar-refractivity contribution in [1.29, 1.82) is 0 Å². The summed E-state index contributed by atoms with van der Waals surface area (Å²) in [5.74, 6) is 0. The van der Waals surface area contributed by atoms with Crippen molar-refractivity contribution in [1.82, 2.24) is 0 Å². The molecule has 0 rings (SSSR count). The second kappa shape index (κ2) is 21.8. The molecule has 12 nitrogen and oxygen atoms in total. The van der Waals surface area contributed by atoms with Crippen LogP contribution in [-0.2, 0) is 9.05 Å². The molecule has 0 heterocycles. The molecule has 0 aromatic rings. The van der Waals surface area contributed by atoms with Crippen molar-refractivity contribution < 1.29 is 39.5 Å². The fourth-order valence-corrected chi connectivity index (χ4v) is 0. The van der Waals surface area contributed by atoms with E-state index in [2.05, 4.69) is 0 Å². The van der Waals surface area contributed by atoms with E-state index >= 15 is 0 Å². The first-order valence-electron chi connectivity index (χ1n) is 2.19. The quantitative estimate of drug-likeness (QED) is 0.213. The van der Waals surface area contributed by atoms with Gasteiger partial charge in [-0.1, -0.05) is 0 Å². The first-order valence-corrected chi connectivity index (χ1v) is 14.7. The van der Waals surface area contributed by atoms with E-state index in [0.29, 0.717) is 0 Å². The van der Waals surface area contributed by atoms with Crippen LogP contribution >= 0.6 is 0 Å². The summed E-state index contributed by atoms with van der Waals surface area (Å²) >= 11 is -18.3. The molecule has 96 valence electrons. The van der Waals surface area contributed by atoms with Crippen LogP contribution in [0.1, 0.15) is 0 Å². The molecule has 19 heteroatoms. The minimum absolute atomic E-state index is 0. The molecule has 0 aliphatic rings. The van der Waals surface area contributed by atoms with Gasteiger partial charge in [0.25, 0.3) is 0 Å². The van der Waals surface area contributed by atoms with Gasteiger partial charge < -0.3 is 0 Å². The molecule has 0 fully saturated rings. The van der Waals surface area contributed by atoms with E-state index in [4.69, 9.17) is 39.5 Å². The molecule has 0 aliphatic carbocycles. The molecule has 0 aliphatic heterocycles. The molecule has 19 heavy (non-hydrogen) atoms. The number of rotatable bonds is 0. The molecule has 0 saturated carbocycles. The zero-order valence-corrected chi connectivity index (χ0v) is 24.4. The van der Waals surface area contributed by atoms with Crippen molar-refractivity contribution in [3.63, 3.8) is 0 Å². The Morgan fingerprint density at radius 2 is 0.421 bits per heavy atom. The Morgan fingerprint density at radius 3 is 0.421 bits per heavy atom. The van der Waals surface area contributed by atoms with Crippen LogP contribution in [0.15, 0.2) is 0 Å². The van der Waals surface area contributed by atoms with Gasteiger partial charge in [-0.25, -0.2) is 0 Å². The zero-order valence-electron chi connectivity index (χ0n) is 8.94. The van der Waals surface area contributed by atoms with Crippen LogP contribution in [-0.4, -0.2) is 191 Å². The standard InChI is InChI=1S/Al.3Ca.12O.3Sb/q+3;3*+2;;;;9*-1;;;. The van der Waals surface area contributed by atoms with Crippen LogP contribution in [0.25, 0.3) is 0 Å². The van der Waals surface area contributed by atoms with Crippen LogP contribution in [0.4, 0.5) is 0 Å². The van der Waals surface area contributed by atoms with Crippen molar-refractivity contribution in [2.24, 2.45) is 0 Å². The number of hydrogen-bond acceptors (Lipinski definition) is 12. The summed E-state index contributed by atoms with van der Waals surface area (Å²) in [5.41, 5.74) is 0. The van der Waals surface area contributed by atoms with Gasteiger partial charge in [0.15, 0.2) is 0 Å². The minimum atomic E-state index is -6.10. The SMILES string of the molecule is [Al+3].[Ca+2].[Ca+2].[Ca+2].[O]=[Sb]([O-])([O-])[O-].[O]=[Sb]([O-])([O-])[O-].[O]=[Sb]([O-])([O-])[O-]. The Morgan fingerprint density at radius 1 is 0.421 bits per heavy atom. The van der Waals surface area contributed by atoms with Crippen molar-refractivity contribution in [3.8, 4) is 0 Å². The van der Waals surface area contributed by atoms with E-state index in [1.165, 1.54) is 0 Å². The molecule has 0 bridgehead atoms. The maximum absolute atomic E-state index is 8.64. The molecule has 0 amide bonds. The third-order valence-corrected chi connectivity index (χ3v) is 0. The zero-order chi connectivity index (χ0) is 13.5. The van der Waals surface area contributed by atoms with Gasteiger partial charge in [0.2, 0.25) is 0 Å². The van der Waals surface area contributed by atoms with Gasteiger partial charge in [0, 0.05) is 0 Å². The Bertz CT molecular complexity index is 214. The van der Waals surface area contributed by atoms with Crippen LogP contribution in [0, 0.1) is 0 Å². The Kier molecular flexibility index (Phi) is 51.0. The van der Waals surface area contributed by atoms with Crippen molar-refractivity contribution in [2.75, 3.05) is 0 Å². The van der Waals surface area contributed by atoms with E-state index in [1.807, 2.05) is 0 Å². The Labute approximate surface area is 224 Å². The van der Waals surface area contributed by atoms with E-state index < -0.39 is 60.2 Å². The topological polar surface area (TPSA) is 259 Å². The molecule has 0 spiro atoms. The monoisotopic (exact) mass is 702 g/mol. The first-order chi connectivity index (χ1) is 6.00. The molecule has 0 radical (unpaired) electrons. The summed E-state index contributed by atoms with van der Waals surface area (Å²) in [4.78, 5) is 0. The second-order valence-corrected chi connectivity index (χ2v) is 9.00. The fourth-order valence-electron chi connectivity index (χ4n) is 0. The van der Waals surface area contributed by atoms with Crippen LogP contribution in [0.2, 0.25) is 0 Å². The maximum atomic E-state index is 8.64. The Balaban J connectivity index is -0.0000000206. The second-order valence-electron chi connectivity index (χ2n) is 1.34. The number of hydrogen-bond donors (Lipinski definition) is 0. The fraction of sp³-hybridized carbons (Fsp3) is 0. The molecule has 0 saturated heterocycles. The van der Waals surface area contributed by atoms with Gasteiger partial charge in [-0.15, -0.1) is 0 Å². The summed E-state index contributed by atoms with van der Waals surface area (Å²) in [6.45, 7) is 0. The van der Waals surface area contributed by atoms with E-state index in [1.54, 1.807) is 0 Å². The summed E-state index contributed by atoms with van der Waals surface area (Å²) in [6, 6.07) is 0. The average molecular weight is 704 g/mol. The molecule has 0 aromatic heterocycles. The molecule has 0 aromatic carbocycles. The molecule has 0 N–H and O–H groups in total. The third kappa shape index (κ3) is 336. The molecule has 0 atom stereocenters. The van der Waals surface area contributed by atoms with Gasteiger partial charge in [-0.2, -0.15) is 0 Å². The van der Waals surface area contributed by atoms with Gasteiger partial charge in [0.05, 0.1) is 0 Å². The summed E-state index contributed by atoms with van der Waals surface area (Å²) in [7, 11) is 0. The summed E-state index contributed by atoms with van der Waals surface area (Å²) < 4.78 is 104. The Hall–Kier alpha value is 5.81. The van der Waals surface area contributed by atoms with Crippen LogP contribution < -0.4 is 30.5 Å². The normalized spacial score (nSPS) is 9.32. The molecular weight excluding hydrogens is 704 g/mol. The summed E-state index contributed by atoms with van der Waals surface area (Å²) in [6.07, 6.45) is 0. The molecular formula is AlCa3O12Sb3. The van der Waals surface area contributed by atoms with E-state index in [9.17, 15) is 0 Å². The summed E-state index contributed by atoms with van der Waals surface area (Å²) in [5, 5.41) is 0. The van der Waals surface area contributed by atoms with E-state index in [-0.39, 0.29) is 131 Å². The molecule has 0 unspecified atom stereocenters. The average Bonchev–Trinajstić information content (AvgIpc) is 1.41. The van der Waals surface area contributed by atoms with Crippen molar-refractivity contribution in [2.45, 2.75) is 0 Å². The van der Waals surface area contributed by atoms with Gasteiger partial charge in [-0.3, -0.25) is 0 Å². The van der Waals surface area contributed by atoms with Crippen molar-refractivity contribution >= 4 is 191 Å². The predicted octanol–water partition coefficient (Wildman–Crippen LogP) is -13.7. The van der Waals surface area contributed by atoms with Gasteiger partial charge in [0.1, 0.15) is 0 Å². The van der Waals surface area contributed by atoms with Crippen LogP contribution in [0.5, 0.6) is 0 Å². The third-order valence-electron chi connectivity index (χ3n) is 0.